The molecule has 0 bridgehead atoms. The summed E-state index contributed by atoms with van der Waals surface area (Å²) < 4.78 is 24.4. The van der Waals surface area contributed by atoms with Crippen LogP contribution in [0.1, 0.15) is 24.8 Å². The van der Waals surface area contributed by atoms with E-state index in [2.05, 4.69) is 5.32 Å². The second-order valence-electron chi connectivity index (χ2n) is 6.49. The summed E-state index contributed by atoms with van der Waals surface area (Å²) in [6, 6.07) is 13.5. The third-order valence-electron chi connectivity index (χ3n) is 4.70. The van der Waals surface area contributed by atoms with Crippen molar-refractivity contribution in [1.29, 1.82) is 0 Å². The number of hydrogen-bond acceptors (Lipinski definition) is 5. The van der Waals surface area contributed by atoms with Crippen LogP contribution in [0.2, 0.25) is 0 Å². The van der Waals surface area contributed by atoms with Crippen LogP contribution in [0.15, 0.2) is 60.3 Å². The van der Waals surface area contributed by atoms with Crippen molar-refractivity contribution in [3.63, 3.8) is 0 Å². The van der Waals surface area contributed by atoms with E-state index in [1.165, 1.54) is 12.1 Å². The molecule has 5 nitrogen and oxygen atoms in total. The molecule has 2 aromatic rings. The topological polar surface area (TPSA) is 64.6 Å². The fraction of sp³-hybridized carbons (Fsp3) is 0.273. The van der Waals surface area contributed by atoms with E-state index in [1.807, 2.05) is 12.1 Å². The maximum Gasteiger partial charge on any atom is 0.317 e. The molecule has 0 aromatic heterocycles. The van der Waals surface area contributed by atoms with Crippen molar-refractivity contribution in [2.24, 2.45) is 5.92 Å². The number of methoxy groups -OCH3 is 1. The molecule has 1 aliphatic carbocycles. The minimum Gasteiger partial charge on any atom is -0.497 e. The quantitative estimate of drug-likeness (QED) is 0.602. The van der Waals surface area contributed by atoms with Crippen molar-refractivity contribution < 1.29 is 23.5 Å². The summed E-state index contributed by atoms with van der Waals surface area (Å²) in [6.45, 7) is 1.89. The number of carbonyl (C=O) groups is 2. The Bertz CT molecular complexity index is 909. The molecule has 0 saturated heterocycles. The molecule has 146 valence electrons. The lowest BCUT2D eigenvalue weighted by Crippen LogP contribution is -2.35. The number of halogens is 1. The fourth-order valence-corrected chi connectivity index (χ4v) is 3.39. The number of rotatable bonds is 6. The Morgan fingerprint density at radius 3 is 2.71 bits per heavy atom. The second kappa shape index (κ2) is 8.69. The third-order valence-corrected chi connectivity index (χ3v) is 4.70. The number of ketones is 1. The number of para-hydroxylation sites is 1. The molecule has 0 radical (unpaired) electrons. The largest absolute Gasteiger partial charge is 0.497 e. The summed E-state index contributed by atoms with van der Waals surface area (Å²) in [5.74, 6) is -2.09. The molecular formula is C22H22FNO4. The van der Waals surface area contributed by atoms with Crippen LogP contribution in [0.25, 0.3) is 0 Å². The van der Waals surface area contributed by atoms with Crippen LogP contribution in [0.5, 0.6) is 5.75 Å². The van der Waals surface area contributed by atoms with E-state index in [-0.39, 0.29) is 18.1 Å². The van der Waals surface area contributed by atoms with Crippen LogP contribution in [0.4, 0.5) is 10.1 Å². The lowest BCUT2D eigenvalue weighted by molar-refractivity contribution is -0.151. The second-order valence-corrected chi connectivity index (χ2v) is 6.49. The Balaban J connectivity index is 1.96. The van der Waals surface area contributed by atoms with Crippen molar-refractivity contribution in [2.45, 2.75) is 19.3 Å². The van der Waals surface area contributed by atoms with Gasteiger partial charge in [0.2, 0.25) is 0 Å². The van der Waals surface area contributed by atoms with Gasteiger partial charge in [-0.1, -0.05) is 24.3 Å². The van der Waals surface area contributed by atoms with Crippen LogP contribution in [-0.2, 0) is 14.3 Å². The number of carbonyl (C=O) groups excluding carboxylic acids is 2. The van der Waals surface area contributed by atoms with E-state index in [0.717, 1.165) is 5.56 Å². The highest BCUT2D eigenvalue weighted by atomic mass is 19.1. The first-order valence-electron chi connectivity index (χ1n) is 9.10. The van der Waals surface area contributed by atoms with Gasteiger partial charge in [-0.2, -0.15) is 0 Å². The van der Waals surface area contributed by atoms with Crippen LogP contribution < -0.4 is 10.1 Å². The zero-order chi connectivity index (χ0) is 20.1. The Morgan fingerprint density at radius 2 is 2.00 bits per heavy atom. The van der Waals surface area contributed by atoms with Gasteiger partial charge in [-0.25, -0.2) is 4.39 Å². The van der Waals surface area contributed by atoms with E-state index in [0.29, 0.717) is 17.9 Å². The number of hydrogen-bond donors (Lipinski definition) is 1. The minimum absolute atomic E-state index is 0.192. The van der Waals surface area contributed by atoms with E-state index in [9.17, 15) is 14.0 Å². The summed E-state index contributed by atoms with van der Waals surface area (Å²) in [5, 5.41) is 2.98. The Morgan fingerprint density at radius 1 is 1.21 bits per heavy atom. The number of anilines is 1. The number of ether oxygens (including phenoxy) is 2. The van der Waals surface area contributed by atoms with Gasteiger partial charge in [0.15, 0.2) is 5.78 Å². The molecule has 0 amide bonds. The molecule has 2 atom stereocenters. The zero-order valence-electron chi connectivity index (χ0n) is 15.8. The van der Waals surface area contributed by atoms with Gasteiger partial charge in [0, 0.05) is 17.7 Å². The van der Waals surface area contributed by atoms with Crippen LogP contribution in [-0.4, -0.2) is 25.5 Å². The van der Waals surface area contributed by atoms with Crippen LogP contribution >= 0.6 is 0 Å². The number of benzene rings is 2. The van der Waals surface area contributed by atoms with E-state index < -0.39 is 23.6 Å². The molecule has 2 aromatic carbocycles. The Hall–Kier alpha value is -3.15. The maximum atomic E-state index is 14.0. The molecule has 1 N–H and O–H groups in total. The third kappa shape index (κ3) is 4.22. The molecule has 6 heteroatoms. The van der Waals surface area contributed by atoms with Crippen LogP contribution in [0.3, 0.4) is 0 Å². The van der Waals surface area contributed by atoms with Gasteiger partial charge in [-0.3, -0.25) is 9.59 Å². The predicted molar refractivity (Wildman–Crippen MR) is 104 cm³/mol. The molecule has 0 heterocycles. The monoisotopic (exact) mass is 383 g/mol. The zero-order valence-corrected chi connectivity index (χ0v) is 15.8. The van der Waals surface area contributed by atoms with Crippen LogP contribution in [0, 0.1) is 11.7 Å². The van der Waals surface area contributed by atoms with Gasteiger partial charge in [0.1, 0.15) is 17.5 Å². The maximum absolute atomic E-state index is 14.0. The van der Waals surface area contributed by atoms with Gasteiger partial charge in [0.05, 0.1) is 19.4 Å². The number of allylic oxidation sites excluding steroid dienone is 2. The SMILES string of the molecule is CCOC(=O)[C@@H]1C(=O)C=C(Nc2ccccc2F)C[C@H]1c1cccc(OC)c1. The highest BCUT2D eigenvalue weighted by Crippen LogP contribution is 2.38. The summed E-state index contributed by atoms with van der Waals surface area (Å²) in [5.41, 5.74) is 1.61. The average molecular weight is 383 g/mol. The Kier molecular flexibility index (Phi) is 6.09. The minimum atomic E-state index is -0.946. The van der Waals surface area contributed by atoms with E-state index >= 15 is 0 Å². The van der Waals surface area contributed by atoms with Gasteiger partial charge in [-0.15, -0.1) is 0 Å². The van der Waals surface area contributed by atoms with Gasteiger partial charge >= 0.3 is 5.97 Å². The van der Waals surface area contributed by atoms with Crippen molar-refractivity contribution in [1.82, 2.24) is 0 Å². The number of nitrogens with one attached hydrogen (secondary N) is 1. The smallest absolute Gasteiger partial charge is 0.317 e. The molecule has 0 unspecified atom stereocenters. The summed E-state index contributed by atoms with van der Waals surface area (Å²) in [4.78, 5) is 25.3. The summed E-state index contributed by atoms with van der Waals surface area (Å²) in [7, 11) is 1.55. The predicted octanol–water partition coefficient (Wildman–Crippen LogP) is 4.07. The van der Waals surface area contributed by atoms with Crippen molar-refractivity contribution in [3.05, 3.63) is 71.7 Å². The molecule has 0 fully saturated rings. The fourth-order valence-electron chi connectivity index (χ4n) is 3.39. The van der Waals surface area contributed by atoms with Crippen molar-refractivity contribution in [3.8, 4) is 5.75 Å². The molecule has 0 spiro atoms. The van der Waals surface area contributed by atoms with Gasteiger partial charge in [-0.05, 0) is 43.2 Å². The van der Waals surface area contributed by atoms with Gasteiger partial charge in [0.25, 0.3) is 0 Å². The number of esters is 1. The first kappa shape index (κ1) is 19.6. The van der Waals surface area contributed by atoms with E-state index in [4.69, 9.17) is 9.47 Å². The molecule has 0 saturated carbocycles. The van der Waals surface area contributed by atoms with Crippen molar-refractivity contribution in [2.75, 3.05) is 19.0 Å². The Labute approximate surface area is 163 Å². The summed E-state index contributed by atoms with van der Waals surface area (Å²) >= 11 is 0. The highest BCUT2D eigenvalue weighted by molar-refractivity contribution is 6.07. The average Bonchev–Trinajstić information content (AvgIpc) is 2.69. The standard InChI is InChI=1S/C22H22FNO4/c1-3-28-22(26)21-17(14-7-6-8-16(11-14)27-2)12-15(13-20(21)25)24-19-10-5-4-9-18(19)23/h4-11,13,17,21,24H,3,12H2,1-2H3/t17-,21-/m0/s1. The molecule has 0 aliphatic heterocycles. The lowest BCUT2D eigenvalue weighted by atomic mass is 9.76. The van der Waals surface area contributed by atoms with E-state index in [1.54, 1.807) is 44.4 Å². The first-order valence-corrected chi connectivity index (χ1v) is 9.10. The highest BCUT2D eigenvalue weighted by Gasteiger charge is 2.39. The molecular weight excluding hydrogens is 361 g/mol. The first-order chi connectivity index (χ1) is 13.5. The summed E-state index contributed by atoms with van der Waals surface area (Å²) in [6.07, 6.45) is 1.72. The van der Waals surface area contributed by atoms with Crippen molar-refractivity contribution >= 4 is 17.4 Å². The molecule has 3 rings (SSSR count). The normalized spacial score (nSPS) is 19.0. The van der Waals surface area contributed by atoms with Gasteiger partial charge < -0.3 is 14.8 Å². The molecule has 28 heavy (non-hydrogen) atoms. The molecule has 1 aliphatic rings. The lowest BCUT2D eigenvalue weighted by Gasteiger charge is -2.30.